The number of nitrogens with zero attached hydrogens (tertiary/aromatic N) is 2. The van der Waals surface area contributed by atoms with Crippen LogP contribution in [0.15, 0.2) is 35.7 Å². The molecular formula is C27H32N2O4S. The van der Waals surface area contributed by atoms with E-state index in [-0.39, 0.29) is 12.5 Å². The second-order valence-corrected chi connectivity index (χ2v) is 10.00. The molecule has 0 saturated carbocycles. The largest absolute Gasteiger partial charge is 0.482 e. The summed E-state index contributed by atoms with van der Waals surface area (Å²) in [7, 11) is 2.13. The molecule has 0 radical (unpaired) electrons. The monoisotopic (exact) mass is 480 g/mol. The SMILES string of the molecule is Cc1ccc2c(c1C)CCN(CCCN(C)CCc1csc3cc(OCC(=O)O)ccc13)C2=O. The summed E-state index contributed by atoms with van der Waals surface area (Å²) >= 11 is 1.66. The average molecular weight is 481 g/mol. The summed E-state index contributed by atoms with van der Waals surface area (Å²) in [5.41, 5.74) is 5.91. The number of benzene rings is 2. The zero-order valence-corrected chi connectivity index (χ0v) is 20.9. The highest BCUT2D eigenvalue weighted by Gasteiger charge is 2.25. The highest BCUT2D eigenvalue weighted by Crippen LogP contribution is 2.30. The third kappa shape index (κ3) is 5.42. The Hall–Kier alpha value is -2.90. The van der Waals surface area contributed by atoms with Crippen LogP contribution in [0.3, 0.4) is 0 Å². The highest BCUT2D eigenvalue weighted by atomic mass is 32.1. The molecule has 1 aliphatic rings. The molecule has 7 heteroatoms. The smallest absolute Gasteiger partial charge is 0.341 e. The van der Waals surface area contributed by atoms with Gasteiger partial charge in [0.2, 0.25) is 0 Å². The maximum Gasteiger partial charge on any atom is 0.341 e. The Kier molecular flexibility index (Phi) is 7.54. The molecule has 0 fully saturated rings. The number of aliphatic carboxylic acids is 1. The van der Waals surface area contributed by atoms with E-state index in [1.807, 2.05) is 29.2 Å². The first-order valence-electron chi connectivity index (χ1n) is 11.7. The predicted molar refractivity (Wildman–Crippen MR) is 136 cm³/mol. The van der Waals surface area contributed by atoms with Crippen molar-refractivity contribution in [2.45, 2.75) is 33.1 Å². The fourth-order valence-corrected chi connectivity index (χ4v) is 5.60. The number of likely N-dealkylation sites (N-methyl/N-ethyl adjacent to an activating group) is 1. The minimum atomic E-state index is -0.977. The summed E-state index contributed by atoms with van der Waals surface area (Å²) in [6.45, 7) is 7.37. The Morgan fingerprint density at radius 3 is 2.82 bits per heavy atom. The summed E-state index contributed by atoms with van der Waals surface area (Å²) in [5, 5.41) is 12.1. The number of amides is 1. The van der Waals surface area contributed by atoms with Crippen LogP contribution in [0, 0.1) is 13.8 Å². The van der Waals surface area contributed by atoms with Crippen LogP contribution < -0.4 is 4.74 Å². The van der Waals surface area contributed by atoms with Gasteiger partial charge in [0.25, 0.3) is 5.91 Å². The molecule has 1 N–H and O–H groups in total. The molecule has 0 aliphatic carbocycles. The van der Waals surface area contributed by atoms with Crippen LogP contribution in [0.5, 0.6) is 5.75 Å². The van der Waals surface area contributed by atoms with Gasteiger partial charge in [0, 0.05) is 29.9 Å². The summed E-state index contributed by atoms with van der Waals surface area (Å²) in [6, 6.07) is 9.81. The molecule has 1 aliphatic heterocycles. The molecule has 0 bridgehead atoms. The van der Waals surface area contributed by atoms with Gasteiger partial charge in [0.1, 0.15) is 5.75 Å². The molecule has 0 spiro atoms. The second-order valence-electron chi connectivity index (χ2n) is 9.08. The third-order valence-electron chi connectivity index (χ3n) is 6.74. The molecule has 4 rings (SSSR count). The summed E-state index contributed by atoms with van der Waals surface area (Å²) in [6.07, 6.45) is 2.84. The molecule has 0 saturated heterocycles. The Labute approximate surface area is 204 Å². The van der Waals surface area contributed by atoms with Gasteiger partial charge in [-0.15, -0.1) is 11.3 Å². The van der Waals surface area contributed by atoms with Crippen LogP contribution in [0.2, 0.25) is 0 Å². The second kappa shape index (κ2) is 10.6. The van der Waals surface area contributed by atoms with Crippen molar-refractivity contribution < 1.29 is 19.4 Å². The number of ether oxygens (including phenoxy) is 1. The van der Waals surface area contributed by atoms with Gasteiger partial charge in [-0.1, -0.05) is 6.07 Å². The standard InChI is InChI=1S/C27H32N2O4S/c1-18-5-7-24-22(19(18)2)10-14-29(27(24)32)12-4-11-28(3)13-9-20-17-34-25-15-21(6-8-23(20)25)33-16-26(30)31/h5-8,15,17H,4,9-14,16H2,1-3H3,(H,30,31). The van der Waals surface area contributed by atoms with E-state index >= 15 is 0 Å². The van der Waals surface area contributed by atoms with Gasteiger partial charge >= 0.3 is 5.97 Å². The number of carbonyl (C=O) groups excluding carboxylic acids is 1. The van der Waals surface area contributed by atoms with Gasteiger partial charge in [0.15, 0.2) is 6.61 Å². The molecule has 34 heavy (non-hydrogen) atoms. The van der Waals surface area contributed by atoms with Gasteiger partial charge in [-0.3, -0.25) is 4.79 Å². The highest BCUT2D eigenvalue weighted by molar-refractivity contribution is 7.17. The number of thiophene rings is 1. The van der Waals surface area contributed by atoms with E-state index < -0.39 is 5.97 Å². The molecule has 0 atom stereocenters. The number of aryl methyl sites for hydroxylation is 1. The Balaban J connectivity index is 1.25. The molecule has 2 heterocycles. The Morgan fingerprint density at radius 2 is 2.03 bits per heavy atom. The summed E-state index contributed by atoms with van der Waals surface area (Å²) in [5.74, 6) is -0.223. The zero-order valence-electron chi connectivity index (χ0n) is 20.1. The van der Waals surface area contributed by atoms with E-state index in [2.05, 4.69) is 37.2 Å². The normalized spacial score (nSPS) is 13.5. The molecule has 6 nitrogen and oxygen atoms in total. The van der Waals surface area contributed by atoms with Crippen molar-refractivity contribution in [1.29, 1.82) is 0 Å². The van der Waals surface area contributed by atoms with Crippen LogP contribution in [0.4, 0.5) is 0 Å². The van der Waals surface area contributed by atoms with Crippen molar-refractivity contribution >= 4 is 33.3 Å². The number of hydrogen-bond donors (Lipinski definition) is 1. The van der Waals surface area contributed by atoms with Crippen molar-refractivity contribution in [1.82, 2.24) is 9.80 Å². The first-order chi connectivity index (χ1) is 16.3. The van der Waals surface area contributed by atoms with Crippen molar-refractivity contribution in [3.63, 3.8) is 0 Å². The van der Waals surface area contributed by atoms with Crippen LogP contribution >= 0.6 is 11.3 Å². The number of rotatable bonds is 10. The molecule has 180 valence electrons. The van der Waals surface area contributed by atoms with E-state index in [4.69, 9.17) is 9.84 Å². The molecular weight excluding hydrogens is 448 g/mol. The number of carbonyl (C=O) groups is 2. The van der Waals surface area contributed by atoms with Gasteiger partial charge in [0.05, 0.1) is 0 Å². The number of hydrogen-bond acceptors (Lipinski definition) is 5. The lowest BCUT2D eigenvalue weighted by molar-refractivity contribution is -0.139. The van der Waals surface area contributed by atoms with Gasteiger partial charge in [-0.05, 0) is 104 Å². The number of carboxylic acids is 1. The van der Waals surface area contributed by atoms with Crippen molar-refractivity contribution in [3.05, 3.63) is 63.5 Å². The van der Waals surface area contributed by atoms with Gasteiger partial charge in [-0.2, -0.15) is 0 Å². The minimum absolute atomic E-state index is 0.170. The first kappa shape index (κ1) is 24.2. The first-order valence-corrected chi connectivity index (χ1v) is 12.6. The maximum absolute atomic E-state index is 12.9. The molecule has 2 aromatic carbocycles. The fraction of sp³-hybridized carbons (Fsp3) is 0.407. The van der Waals surface area contributed by atoms with E-state index in [0.717, 1.165) is 55.7 Å². The van der Waals surface area contributed by atoms with E-state index in [1.165, 1.54) is 27.6 Å². The average Bonchev–Trinajstić information content (AvgIpc) is 3.22. The Bertz CT molecular complexity index is 1200. The van der Waals surface area contributed by atoms with Gasteiger partial charge < -0.3 is 19.6 Å². The van der Waals surface area contributed by atoms with Crippen LogP contribution in [-0.2, 0) is 17.6 Å². The van der Waals surface area contributed by atoms with E-state index in [1.54, 1.807) is 11.3 Å². The number of fused-ring (bicyclic) bond motifs is 2. The number of carboxylic acid groups (broad SMARTS) is 1. The van der Waals surface area contributed by atoms with Crippen LogP contribution in [-0.4, -0.2) is 66.6 Å². The topological polar surface area (TPSA) is 70.1 Å². The summed E-state index contributed by atoms with van der Waals surface area (Å²) in [4.78, 5) is 28.0. The molecule has 0 unspecified atom stereocenters. The predicted octanol–water partition coefficient (Wildman–Crippen LogP) is 4.54. The van der Waals surface area contributed by atoms with Crippen molar-refractivity contribution in [2.24, 2.45) is 0 Å². The third-order valence-corrected chi connectivity index (χ3v) is 7.73. The Morgan fingerprint density at radius 1 is 1.21 bits per heavy atom. The zero-order chi connectivity index (χ0) is 24.2. The van der Waals surface area contributed by atoms with Gasteiger partial charge in [-0.25, -0.2) is 4.79 Å². The lowest BCUT2D eigenvalue weighted by Crippen LogP contribution is -2.39. The van der Waals surface area contributed by atoms with Crippen molar-refractivity contribution in [2.75, 3.05) is 39.8 Å². The summed E-state index contributed by atoms with van der Waals surface area (Å²) < 4.78 is 6.39. The van der Waals surface area contributed by atoms with Crippen molar-refractivity contribution in [3.8, 4) is 5.75 Å². The van der Waals surface area contributed by atoms with E-state index in [0.29, 0.717) is 5.75 Å². The van der Waals surface area contributed by atoms with E-state index in [9.17, 15) is 9.59 Å². The van der Waals surface area contributed by atoms with Crippen LogP contribution in [0.25, 0.3) is 10.1 Å². The lowest BCUT2D eigenvalue weighted by Gasteiger charge is -2.30. The quantitative estimate of drug-likeness (QED) is 0.461. The maximum atomic E-state index is 12.9. The minimum Gasteiger partial charge on any atom is -0.482 e. The molecule has 1 amide bonds. The fourth-order valence-electron chi connectivity index (χ4n) is 4.58. The molecule has 3 aromatic rings. The molecule has 1 aromatic heterocycles. The van der Waals surface area contributed by atoms with Crippen LogP contribution in [0.1, 0.15) is 39.0 Å². The lowest BCUT2D eigenvalue weighted by atomic mass is 9.91.